The minimum atomic E-state index is -1.31. The van der Waals surface area contributed by atoms with Crippen molar-refractivity contribution < 1.29 is 33.3 Å². The number of nitriles is 1. The molecule has 11 nitrogen and oxygen atoms in total. The Morgan fingerprint density at radius 3 is 2.28 bits per heavy atom. The van der Waals surface area contributed by atoms with Crippen LogP contribution < -0.4 is 29.6 Å². The van der Waals surface area contributed by atoms with Crippen molar-refractivity contribution in [3.8, 4) is 34.8 Å². The Balaban J connectivity index is 1.51. The first-order chi connectivity index (χ1) is 20.7. The first kappa shape index (κ1) is 30.5. The third-order valence-electron chi connectivity index (χ3n) is 6.30. The molecule has 0 radical (unpaired) electrons. The number of rotatable bonds is 12. The fourth-order valence-electron chi connectivity index (χ4n) is 4.13. The van der Waals surface area contributed by atoms with Crippen molar-refractivity contribution in [2.75, 3.05) is 32.7 Å². The van der Waals surface area contributed by atoms with Crippen LogP contribution >= 0.6 is 0 Å². The molecule has 2 N–H and O–H groups in total. The smallest absolute Gasteiger partial charge is 0.325 e. The molecule has 0 aliphatic carbocycles. The standard InChI is InChI=1S/C32H32N4O7/c1-6-41-29(37)19-35-31(38)32(2,3)43-26-10-8-7-9-25(26)42-22-13-11-21(12-14-22)36-30-20(17-33)18-34-24-16-28(40-5)27(39-4)15-23(24)30/h7-16,18H,6,19H2,1-5H3,(H,34,36)(H,35,38). The van der Waals surface area contributed by atoms with Crippen molar-refractivity contribution >= 4 is 34.2 Å². The SMILES string of the molecule is CCOC(=O)CNC(=O)C(C)(C)Oc1ccccc1Oc1ccc(Nc2c(C#N)cnc3cc(OC)c(OC)cc23)cc1. The number of carbonyl (C=O) groups is 2. The number of methoxy groups -OCH3 is 2. The molecule has 3 aromatic carbocycles. The molecule has 0 fully saturated rings. The summed E-state index contributed by atoms with van der Waals surface area (Å²) in [5.41, 5.74) is 0.964. The molecule has 11 heteroatoms. The molecule has 0 saturated carbocycles. The number of esters is 1. The molecule has 0 atom stereocenters. The summed E-state index contributed by atoms with van der Waals surface area (Å²) in [5, 5.41) is 16.3. The van der Waals surface area contributed by atoms with Gasteiger partial charge in [0.25, 0.3) is 5.91 Å². The van der Waals surface area contributed by atoms with Crippen LogP contribution in [0.3, 0.4) is 0 Å². The predicted molar refractivity (Wildman–Crippen MR) is 160 cm³/mol. The molecule has 0 spiro atoms. The Hall–Kier alpha value is -5.50. The van der Waals surface area contributed by atoms with E-state index in [1.165, 1.54) is 6.20 Å². The lowest BCUT2D eigenvalue weighted by molar-refractivity contribution is -0.145. The Bertz CT molecular complexity index is 1660. The second-order valence-corrected chi connectivity index (χ2v) is 9.68. The summed E-state index contributed by atoms with van der Waals surface area (Å²) in [4.78, 5) is 28.7. The summed E-state index contributed by atoms with van der Waals surface area (Å²) in [5.74, 6) is 1.27. The largest absolute Gasteiger partial charge is 0.493 e. The number of hydrogen-bond acceptors (Lipinski definition) is 10. The number of aromatic nitrogens is 1. The number of ether oxygens (including phenoxy) is 5. The van der Waals surface area contributed by atoms with Gasteiger partial charge in [0, 0.05) is 23.3 Å². The Kier molecular flexibility index (Phi) is 9.52. The highest BCUT2D eigenvalue weighted by atomic mass is 16.5. The zero-order valence-electron chi connectivity index (χ0n) is 24.5. The van der Waals surface area contributed by atoms with Gasteiger partial charge in [0.2, 0.25) is 0 Å². The van der Waals surface area contributed by atoms with E-state index in [9.17, 15) is 14.9 Å². The molecule has 1 heterocycles. The molecular formula is C32H32N4O7. The number of anilines is 2. The summed E-state index contributed by atoms with van der Waals surface area (Å²) in [7, 11) is 3.09. The van der Waals surface area contributed by atoms with Crippen molar-refractivity contribution in [3.05, 3.63) is 72.4 Å². The molecule has 0 aliphatic rings. The van der Waals surface area contributed by atoms with Gasteiger partial charge < -0.3 is 34.3 Å². The number of hydrogen-bond donors (Lipinski definition) is 2. The summed E-state index contributed by atoms with van der Waals surface area (Å²) < 4.78 is 27.8. The Labute approximate surface area is 249 Å². The van der Waals surface area contributed by atoms with Gasteiger partial charge in [0.1, 0.15) is 18.4 Å². The van der Waals surface area contributed by atoms with Crippen LogP contribution in [0.2, 0.25) is 0 Å². The van der Waals surface area contributed by atoms with Gasteiger partial charge in [0.05, 0.1) is 37.6 Å². The van der Waals surface area contributed by atoms with Crippen molar-refractivity contribution in [1.82, 2.24) is 10.3 Å². The molecule has 0 aliphatic heterocycles. The molecule has 0 unspecified atom stereocenters. The van der Waals surface area contributed by atoms with Crippen molar-refractivity contribution in [1.29, 1.82) is 5.26 Å². The fourth-order valence-corrected chi connectivity index (χ4v) is 4.13. The highest BCUT2D eigenvalue weighted by Gasteiger charge is 2.31. The Morgan fingerprint density at radius 1 is 0.953 bits per heavy atom. The number of para-hydroxylation sites is 2. The summed E-state index contributed by atoms with van der Waals surface area (Å²) >= 11 is 0. The lowest BCUT2D eigenvalue weighted by Crippen LogP contribution is -2.48. The van der Waals surface area contributed by atoms with Gasteiger partial charge in [-0.3, -0.25) is 14.6 Å². The van der Waals surface area contributed by atoms with Gasteiger partial charge in [0.15, 0.2) is 28.6 Å². The minimum absolute atomic E-state index is 0.225. The van der Waals surface area contributed by atoms with Gasteiger partial charge in [-0.1, -0.05) is 12.1 Å². The van der Waals surface area contributed by atoms with E-state index in [4.69, 9.17) is 23.7 Å². The zero-order valence-corrected chi connectivity index (χ0v) is 24.5. The van der Waals surface area contributed by atoms with Crippen LogP contribution in [0.25, 0.3) is 10.9 Å². The average Bonchev–Trinajstić information content (AvgIpc) is 3.01. The van der Waals surface area contributed by atoms with Crippen molar-refractivity contribution in [2.24, 2.45) is 0 Å². The lowest BCUT2D eigenvalue weighted by Gasteiger charge is -2.26. The summed E-state index contributed by atoms with van der Waals surface area (Å²) in [6.45, 7) is 4.84. The van der Waals surface area contributed by atoms with Crippen LogP contribution in [-0.4, -0.2) is 49.8 Å². The quantitative estimate of drug-likeness (QED) is 0.205. The van der Waals surface area contributed by atoms with E-state index in [0.717, 1.165) is 0 Å². The van der Waals surface area contributed by atoms with Crippen LogP contribution in [0.5, 0.6) is 28.7 Å². The topological polar surface area (TPSA) is 141 Å². The zero-order chi connectivity index (χ0) is 31.0. The lowest BCUT2D eigenvalue weighted by atomic mass is 10.1. The highest BCUT2D eigenvalue weighted by Crippen LogP contribution is 2.38. The van der Waals surface area contributed by atoms with Crippen LogP contribution in [0, 0.1) is 11.3 Å². The van der Waals surface area contributed by atoms with E-state index in [-0.39, 0.29) is 13.2 Å². The molecule has 1 aromatic heterocycles. The fraction of sp³-hybridized carbons (Fsp3) is 0.250. The van der Waals surface area contributed by atoms with Crippen LogP contribution in [0.4, 0.5) is 11.4 Å². The number of fused-ring (bicyclic) bond motifs is 1. The van der Waals surface area contributed by atoms with Crippen LogP contribution in [0.1, 0.15) is 26.3 Å². The van der Waals surface area contributed by atoms with Gasteiger partial charge in [-0.15, -0.1) is 0 Å². The monoisotopic (exact) mass is 584 g/mol. The number of pyridine rings is 1. The molecular weight excluding hydrogens is 552 g/mol. The molecule has 0 bridgehead atoms. The van der Waals surface area contributed by atoms with Gasteiger partial charge in [-0.25, -0.2) is 0 Å². The third kappa shape index (κ3) is 7.23. The molecule has 43 heavy (non-hydrogen) atoms. The predicted octanol–water partition coefficient (Wildman–Crippen LogP) is 5.50. The number of nitrogens with one attached hydrogen (secondary N) is 2. The minimum Gasteiger partial charge on any atom is -0.493 e. The second-order valence-electron chi connectivity index (χ2n) is 9.68. The van der Waals surface area contributed by atoms with Gasteiger partial charge in [-0.05, 0) is 63.2 Å². The Morgan fingerprint density at radius 2 is 1.63 bits per heavy atom. The number of nitrogens with zero attached hydrogens (tertiary/aromatic N) is 2. The number of benzene rings is 3. The average molecular weight is 585 g/mol. The number of carbonyl (C=O) groups excluding carboxylic acids is 2. The summed E-state index contributed by atoms with van der Waals surface area (Å²) in [6, 6.07) is 19.8. The van der Waals surface area contributed by atoms with Crippen LogP contribution in [-0.2, 0) is 14.3 Å². The first-order valence-corrected chi connectivity index (χ1v) is 13.4. The summed E-state index contributed by atoms with van der Waals surface area (Å²) in [6.07, 6.45) is 1.50. The van der Waals surface area contributed by atoms with Crippen molar-refractivity contribution in [2.45, 2.75) is 26.4 Å². The molecule has 4 rings (SSSR count). The maximum atomic E-state index is 12.7. The second kappa shape index (κ2) is 13.4. The maximum Gasteiger partial charge on any atom is 0.325 e. The molecule has 4 aromatic rings. The van der Waals surface area contributed by atoms with E-state index in [1.807, 2.05) is 0 Å². The van der Waals surface area contributed by atoms with E-state index < -0.39 is 17.5 Å². The maximum absolute atomic E-state index is 12.7. The molecule has 222 valence electrons. The van der Waals surface area contributed by atoms with Gasteiger partial charge in [-0.2, -0.15) is 5.26 Å². The van der Waals surface area contributed by atoms with Crippen molar-refractivity contribution in [3.63, 3.8) is 0 Å². The highest BCUT2D eigenvalue weighted by molar-refractivity contribution is 5.97. The van der Waals surface area contributed by atoms with Crippen LogP contribution in [0.15, 0.2) is 66.9 Å². The van der Waals surface area contributed by atoms with E-state index in [1.54, 1.807) is 95.7 Å². The van der Waals surface area contributed by atoms with E-state index in [0.29, 0.717) is 56.6 Å². The van der Waals surface area contributed by atoms with E-state index in [2.05, 4.69) is 21.7 Å². The van der Waals surface area contributed by atoms with E-state index >= 15 is 0 Å². The molecule has 1 amide bonds. The molecule has 0 saturated heterocycles. The number of amides is 1. The third-order valence-corrected chi connectivity index (χ3v) is 6.30. The normalized spacial score (nSPS) is 10.8. The van der Waals surface area contributed by atoms with Gasteiger partial charge >= 0.3 is 5.97 Å². The first-order valence-electron chi connectivity index (χ1n) is 13.4.